The highest BCUT2D eigenvalue weighted by atomic mass is 15.2. The summed E-state index contributed by atoms with van der Waals surface area (Å²) in [6, 6.07) is 3.98. The van der Waals surface area contributed by atoms with Crippen LogP contribution in [0.4, 0.5) is 11.5 Å². The fourth-order valence-corrected chi connectivity index (χ4v) is 1.97. The molecule has 0 saturated carbocycles. The highest BCUT2D eigenvalue weighted by molar-refractivity contribution is 5.50. The number of pyridine rings is 1. The lowest BCUT2D eigenvalue weighted by Crippen LogP contribution is -2.33. The van der Waals surface area contributed by atoms with Gasteiger partial charge in [-0.1, -0.05) is 6.92 Å². The lowest BCUT2D eigenvalue weighted by atomic mass is 9.99. The highest BCUT2D eigenvalue weighted by Crippen LogP contribution is 2.22. The summed E-state index contributed by atoms with van der Waals surface area (Å²) in [4.78, 5) is 6.88. The number of nitrogens with zero attached hydrogens (tertiary/aromatic N) is 2. The number of nitrogens with two attached hydrogens (primary N) is 1. The highest BCUT2D eigenvalue weighted by Gasteiger charge is 2.16. The van der Waals surface area contributed by atoms with Crippen molar-refractivity contribution >= 4 is 11.5 Å². The fourth-order valence-electron chi connectivity index (χ4n) is 1.97. The average Bonchev–Trinajstić information content (AvgIpc) is 2.23. The third-order valence-corrected chi connectivity index (χ3v) is 3.22. The molecule has 1 aliphatic heterocycles. The van der Waals surface area contributed by atoms with Crippen LogP contribution in [0.1, 0.15) is 25.5 Å². The smallest absolute Gasteiger partial charge is 0.128 e. The number of hydrogen-bond acceptors (Lipinski definition) is 3. The fraction of sp³-hybridized carbons (Fsp3) is 0.583. The normalized spacial score (nSPS) is 18.1. The maximum absolute atomic E-state index is 5.76. The zero-order valence-electron chi connectivity index (χ0n) is 9.53. The molecule has 3 heteroatoms. The monoisotopic (exact) mass is 205 g/mol. The Morgan fingerprint density at radius 2 is 2.00 bits per heavy atom. The second-order valence-corrected chi connectivity index (χ2v) is 4.51. The first-order valence-corrected chi connectivity index (χ1v) is 5.65. The van der Waals surface area contributed by atoms with Crippen LogP contribution >= 0.6 is 0 Å². The summed E-state index contributed by atoms with van der Waals surface area (Å²) in [7, 11) is 0. The van der Waals surface area contributed by atoms with Gasteiger partial charge in [-0.25, -0.2) is 4.98 Å². The molecule has 2 N–H and O–H groups in total. The van der Waals surface area contributed by atoms with E-state index < -0.39 is 0 Å². The lowest BCUT2D eigenvalue weighted by Gasteiger charge is -2.31. The number of rotatable bonds is 1. The number of nitrogen functional groups attached to an aromatic ring is 1. The molecular weight excluding hydrogens is 186 g/mol. The van der Waals surface area contributed by atoms with Crippen molar-refractivity contribution in [3.8, 4) is 0 Å². The van der Waals surface area contributed by atoms with Crippen molar-refractivity contribution in [1.82, 2.24) is 4.98 Å². The maximum Gasteiger partial charge on any atom is 0.128 e. The molecule has 1 aromatic heterocycles. The summed E-state index contributed by atoms with van der Waals surface area (Å²) in [5.41, 5.74) is 7.48. The standard InChI is InChI=1S/C12H19N3/c1-9-5-7-15(8-6-9)12-4-3-11(13)10(2)14-12/h3-4,9H,5-8,13H2,1-2H3. The van der Waals surface area contributed by atoms with Gasteiger partial charge in [0.2, 0.25) is 0 Å². The van der Waals surface area contributed by atoms with Crippen LogP contribution in [0.5, 0.6) is 0 Å². The van der Waals surface area contributed by atoms with Crippen molar-refractivity contribution in [2.45, 2.75) is 26.7 Å². The molecule has 82 valence electrons. The summed E-state index contributed by atoms with van der Waals surface area (Å²) in [5, 5.41) is 0. The summed E-state index contributed by atoms with van der Waals surface area (Å²) >= 11 is 0. The second kappa shape index (κ2) is 4.09. The van der Waals surface area contributed by atoms with Gasteiger partial charge in [-0.05, 0) is 37.8 Å². The third-order valence-electron chi connectivity index (χ3n) is 3.22. The lowest BCUT2D eigenvalue weighted by molar-refractivity contribution is 0.436. The Hall–Kier alpha value is -1.25. The summed E-state index contributed by atoms with van der Waals surface area (Å²) in [5.74, 6) is 1.93. The van der Waals surface area contributed by atoms with Gasteiger partial charge in [0.25, 0.3) is 0 Å². The number of aromatic nitrogens is 1. The van der Waals surface area contributed by atoms with Gasteiger partial charge in [0.05, 0.1) is 11.4 Å². The minimum atomic E-state index is 0.782. The van der Waals surface area contributed by atoms with Gasteiger partial charge < -0.3 is 10.6 Å². The van der Waals surface area contributed by atoms with Crippen molar-refractivity contribution in [2.75, 3.05) is 23.7 Å². The molecule has 0 unspecified atom stereocenters. The summed E-state index contributed by atoms with van der Waals surface area (Å²) < 4.78 is 0. The van der Waals surface area contributed by atoms with Gasteiger partial charge in [-0.3, -0.25) is 0 Å². The molecule has 2 rings (SSSR count). The molecule has 1 aliphatic rings. The molecule has 0 bridgehead atoms. The van der Waals surface area contributed by atoms with Crippen LogP contribution in [0, 0.1) is 12.8 Å². The molecule has 0 radical (unpaired) electrons. The van der Waals surface area contributed by atoms with Crippen molar-refractivity contribution in [3.05, 3.63) is 17.8 Å². The zero-order valence-corrected chi connectivity index (χ0v) is 9.53. The van der Waals surface area contributed by atoms with E-state index in [-0.39, 0.29) is 0 Å². The van der Waals surface area contributed by atoms with Crippen molar-refractivity contribution in [1.29, 1.82) is 0 Å². The minimum Gasteiger partial charge on any atom is -0.397 e. The molecule has 0 amide bonds. The SMILES string of the molecule is Cc1nc(N2CCC(C)CC2)ccc1N. The predicted molar refractivity (Wildman–Crippen MR) is 64.0 cm³/mol. The summed E-state index contributed by atoms with van der Waals surface area (Å²) in [6.07, 6.45) is 2.54. The van der Waals surface area contributed by atoms with E-state index in [0.717, 1.165) is 36.2 Å². The van der Waals surface area contributed by atoms with E-state index in [2.05, 4.69) is 16.8 Å². The topological polar surface area (TPSA) is 42.2 Å². The molecule has 3 nitrogen and oxygen atoms in total. The quantitative estimate of drug-likeness (QED) is 0.764. The van der Waals surface area contributed by atoms with Crippen molar-refractivity contribution < 1.29 is 0 Å². The third kappa shape index (κ3) is 2.22. The molecule has 1 saturated heterocycles. The van der Waals surface area contributed by atoms with Crippen LogP contribution in [0.25, 0.3) is 0 Å². The first-order valence-electron chi connectivity index (χ1n) is 5.65. The van der Waals surface area contributed by atoms with E-state index in [9.17, 15) is 0 Å². The Balaban J connectivity index is 2.12. The van der Waals surface area contributed by atoms with E-state index in [1.165, 1.54) is 12.8 Å². The molecule has 0 atom stereocenters. The van der Waals surface area contributed by atoms with Crippen LogP contribution in [0.3, 0.4) is 0 Å². The Morgan fingerprint density at radius 3 is 2.60 bits per heavy atom. The summed E-state index contributed by atoms with van der Waals surface area (Å²) in [6.45, 7) is 6.53. The van der Waals surface area contributed by atoms with Gasteiger partial charge in [0.1, 0.15) is 5.82 Å². The van der Waals surface area contributed by atoms with Gasteiger partial charge in [-0.2, -0.15) is 0 Å². The van der Waals surface area contributed by atoms with E-state index in [1.54, 1.807) is 0 Å². The Morgan fingerprint density at radius 1 is 1.33 bits per heavy atom. The van der Waals surface area contributed by atoms with E-state index in [1.807, 2.05) is 19.1 Å². The number of aryl methyl sites for hydroxylation is 1. The van der Waals surface area contributed by atoms with Crippen molar-refractivity contribution in [2.24, 2.45) is 5.92 Å². The predicted octanol–water partition coefficient (Wildman–Crippen LogP) is 2.21. The molecular formula is C12H19N3. The molecule has 0 aliphatic carbocycles. The number of anilines is 2. The van der Waals surface area contributed by atoms with Crippen LogP contribution in [0.15, 0.2) is 12.1 Å². The molecule has 15 heavy (non-hydrogen) atoms. The molecule has 0 spiro atoms. The first-order chi connectivity index (χ1) is 7.16. The Labute approximate surface area is 91.3 Å². The largest absolute Gasteiger partial charge is 0.397 e. The van der Waals surface area contributed by atoms with Crippen LogP contribution in [0.2, 0.25) is 0 Å². The Kier molecular flexibility index (Phi) is 2.80. The zero-order chi connectivity index (χ0) is 10.8. The Bertz CT molecular complexity index is 341. The second-order valence-electron chi connectivity index (χ2n) is 4.51. The number of piperidine rings is 1. The van der Waals surface area contributed by atoms with Crippen molar-refractivity contribution in [3.63, 3.8) is 0 Å². The van der Waals surface area contributed by atoms with Gasteiger partial charge in [-0.15, -0.1) is 0 Å². The van der Waals surface area contributed by atoms with E-state index in [0.29, 0.717) is 0 Å². The molecule has 0 aromatic carbocycles. The average molecular weight is 205 g/mol. The van der Waals surface area contributed by atoms with E-state index in [4.69, 9.17) is 5.73 Å². The first kappa shape index (κ1) is 10.3. The molecule has 1 fully saturated rings. The molecule has 2 heterocycles. The van der Waals surface area contributed by atoms with Crippen LogP contribution in [-0.4, -0.2) is 18.1 Å². The van der Waals surface area contributed by atoms with Gasteiger partial charge in [0, 0.05) is 13.1 Å². The molecule has 1 aromatic rings. The van der Waals surface area contributed by atoms with Crippen LogP contribution in [-0.2, 0) is 0 Å². The van der Waals surface area contributed by atoms with Gasteiger partial charge >= 0.3 is 0 Å². The number of hydrogen-bond donors (Lipinski definition) is 1. The van der Waals surface area contributed by atoms with Gasteiger partial charge in [0.15, 0.2) is 0 Å². The minimum absolute atomic E-state index is 0.782. The van der Waals surface area contributed by atoms with E-state index >= 15 is 0 Å². The maximum atomic E-state index is 5.76. The van der Waals surface area contributed by atoms with Crippen LogP contribution < -0.4 is 10.6 Å².